The summed E-state index contributed by atoms with van der Waals surface area (Å²) in [6, 6.07) is 9.49. The van der Waals surface area contributed by atoms with Crippen molar-refractivity contribution < 1.29 is 9.90 Å². The van der Waals surface area contributed by atoms with Gasteiger partial charge in [-0.05, 0) is 49.4 Å². The van der Waals surface area contributed by atoms with E-state index in [-0.39, 0.29) is 30.4 Å². The number of aromatic nitrogens is 3. The number of nitrogens with one attached hydrogen (secondary N) is 1. The molecule has 1 fully saturated rings. The Morgan fingerprint density at radius 1 is 1.31 bits per heavy atom. The predicted molar refractivity (Wildman–Crippen MR) is 97.5 cm³/mol. The zero-order valence-electron chi connectivity index (χ0n) is 14.7. The van der Waals surface area contributed by atoms with Crippen molar-refractivity contribution in [2.75, 3.05) is 0 Å². The first kappa shape index (κ1) is 16.7. The van der Waals surface area contributed by atoms with Crippen LogP contribution in [0.2, 0.25) is 0 Å². The van der Waals surface area contributed by atoms with Crippen LogP contribution < -0.4 is 5.32 Å². The molecule has 1 aliphatic carbocycles. The van der Waals surface area contributed by atoms with Gasteiger partial charge in [0.15, 0.2) is 0 Å². The molecule has 4 rings (SSSR count). The van der Waals surface area contributed by atoms with E-state index in [0.717, 1.165) is 22.6 Å². The molecule has 0 aromatic carbocycles. The summed E-state index contributed by atoms with van der Waals surface area (Å²) in [4.78, 5) is 21.5. The topological polar surface area (TPSA) is 79.5 Å². The van der Waals surface area contributed by atoms with Crippen LogP contribution in [0.3, 0.4) is 0 Å². The molecule has 0 bridgehead atoms. The summed E-state index contributed by atoms with van der Waals surface area (Å²) in [6.07, 6.45) is 6.78. The fourth-order valence-electron chi connectivity index (χ4n) is 3.62. The van der Waals surface area contributed by atoms with Crippen LogP contribution in [0.25, 0.3) is 5.65 Å². The second kappa shape index (κ2) is 6.88. The van der Waals surface area contributed by atoms with Crippen LogP contribution in [0, 0.1) is 12.8 Å². The first-order chi connectivity index (χ1) is 12.6. The molecule has 0 unspecified atom stereocenters. The number of amides is 1. The molecule has 0 aliphatic heterocycles. The maximum absolute atomic E-state index is 12.7. The number of carbonyl (C=O) groups excluding carboxylic acids is 1. The van der Waals surface area contributed by atoms with Crippen LogP contribution in [0.15, 0.2) is 48.9 Å². The van der Waals surface area contributed by atoms with E-state index < -0.39 is 0 Å². The van der Waals surface area contributed by atoms with Crippen molar-refractivity contribution in [3.63, 3.8) is 0 Å². The molecule has 26 heavy (non-hydrogen) atoms. The summed E-state index contributed by atoms with van der Waals surface area (Å²) < 4.78 is 1.96. The second-order valence-corrected chi connectivity index (χ2v) is 7.00. The zero-order chi connectivity index (χ0) is 18.1. The van der Waals surface area contributed by atoms with Gasteiger partial charge in [0, 0.05) is 18.6 Å². The van der Waals surface area contributed by atoms with Crippen molar-refractivity contribution in [2.45, 2.75) is 38.3 Å². The Labute approximate surface area is 151 Å². The lowest BCUT2D eigenvalue weighted by atomic mass is 9.76. The molecule has 1 aliphatic rings. The number of fused-ring (bicyclic) bond motifs is 1. The molecule has 0 radical (unpaired) electrons. The molecule has 1 amide bonds. The van der Waals surface area contributed by atoms with Crippen LogP contribution in [0.5, 0.6) is 0 Å². The molecule has 1 atom stereocenters. The standard InChI is InChI=1S/C20H22N4O2/c1-13-5-4-8-24-15(12-22-20(13)24)11-18(26)23-19(14-9-16(25)10-14)17-6-2-3-7-21-17/h2-8,12,14,16,19,25H,9-11H2,1H3,(H,23,26)/t14?,16?,19-/m1/s1. The monoisotopic (exact) mass is 350 g/mol. The van der Waals surface area contributed by atoms with Crippen molar-refractivity contribution in [1.29, 1.82) is 0 Å². The van der Waals surface area contributed by atoms with Gasteiger partial charge in [0.05, 0.1) is 30.0 Å². The van der Waals surface area contributed by atoms with Gasteiger partial charge in [-0.15, -0.1) is 0 Å². The van der Waals surface area contributed by atoms with Gasteiger partial charge in [0.25, 0.3) is 0 Å². The molecule has 2 N–H and O–H groups in total. The minimum Gasteiger partial charge on any atom is -0.393 e. The molecule has 3 aromatic heterocycles. The highest BCUT2D eigenvalue weighted by atomic mass is 16.3. The van der Waals surface area contributed by atoms with Crippen molar-refractivity contribution in [3.05, 3.63) is 65.9 Å². The van der Waals surface area contributed by atoms with Crippen LogP contribution in [-0.4, -0.2) is 31.5 Å². The van der Waals surface area contributed by atoms with Crippen LogP contribution in [0.1, 0.15) is 35.8 Å². The third kappa shape index (κ3) is 3.20. The van der Waals surface area contributed by atoms with E-state index in [1.54, 1.807) is 12.4 Å². The lowest BCUT2D eigenvalue weighted by molar-refractivity contribution is -0.122. The van der Waals surface area contributed by atoms with Gasteiger partial charge in [0.2, 0.25) is 5.91 Å². The van der Waals surface area contributed by atoms with Gasteiger partial charge < -0.3 is 14.8 Å². The Morgan fingerprint density at radius 2 is 2.15 bits per heavy atom. The number of hydrogen-bond acceptors (Lipinski definition) is 4. The number of aliphatic hydroxyl groups is 1. The van der Waals surface area contributed by atoms with E-state index >= 15 is 0 Å². The largest absolute Gasteiger partial charge is 0.393 e. The summed E-state index contributed by atoms with van der Waals surface area (Å²) in [5, 5.41) is 12.8. The maximum atomic E-state index is 12.7. The number of nitrogens with zero attached hydrogens (tertiary/aromatic N) is 3. The average molecular weight is 350 g/mol. The average Bonchev–Trinajstić information content (AvgIpc) is 3.02. The summed E-state index contributed by atoms with van der Waals surface area (Å²) in [5.41, 5.74) is 3.65. The summed E-state index contributed by atoms with van der Waals surface area (Å²) in [7, 11) is 0. The highest BCUT2D eigenvalue weighted by Crippen LogP contribution is 2.37. The quantitative estimate of drug-likeness (QED) is 0.739. The number of aliphatic hydroxyl groups excluding tert-OH is 1. The summed E-state index contributed by atoms with van der Waals surface area (Å²) >= 11 is 0. The Hall–Kier alpha value is -2.73. The summed E-state index contributed by atoms with van der Waals surface area (Å²) in [5.74, 6) is 0.152. The van der Waals surface area contributed by atoms with Gasteiger partial charge >= 0.3 is 0 Å². The van der Waals surface area contributed by atoms with E-state index in [2.05, 4.69) is 15.3 Å². The lowest BCUT2D eigenvalue weighted by Crippen LogP contribution is -2.42. The summed E-state index contributed by atoms with van der Waals surface area (Å²) in [6.45, 7) is 2.01. The number of carbonyl (C=O) groups is 1. The fourth-order valence-corrected chi connectivity index (χ4v) is 3.62. The number of aryl methyl sites for hydroxylation is 1. The van der Waals surface area contributed by atoms with Gasteiger partial charge in [-0.3, -0.25) is 9.78 Å². The molecule has 134 valence electrons. The number of hydrogen-bond donors (Lipinski definition) is 2. The first-order valence-electron chi connectivity index (χ1n) is 8.91. The van der Waals surface area contributed by atoms with E-state index in [4.69, 9.17) is 0 Å². The van der Waals surface area contributed by atoms with Gasteiger partial charge in [-0.2, -0.15) is 0 Å². The Morgan fingerprint density at radius 3 is 2.88 bits per heavy atom. The second-order valence-electron chi connectivity index (χ2n) is 7.00. The van der Waals surface area contributed by atoms with E-state index in [1.807, 2.05) is 47.9 Å². The van der Waals surface area contributed by atoms with Crippen LogP contribution in [0.4, 0.5) is 0 Å². The normalized spacial score (nSPS) is 20.5. The minimum absolute atomic E-state index is 0.0645. The molecule has 3 aromatic rings. The van der Waals surface area contributed by atoms with Crippen LogP contribution >= 0.6 is 0 Å². The van der Waals surface area contributed by atoms with E-state index in [0.29, 0.717) is 12.8 Å². The molecular weight excluding hydrogens is 328 g/mol. The molecule has 0 spiro atoms. The molecule has 1 saturated carbocycles. The Bertz CT molecular complexity index is 916. The molecule has 0 saturated heterocycles. The third-order valence-corrected chi connectivity index (χ3v) is 5.09. The maximum Gasteiger partial charge on any atom is 0.226 e. The number of pyridine rings is 2. The smallest absolute Gasteiger partial charge is 0.226 e. The van der Waals surface area contributed by atoms with Crippen molar-refractivity contribution >= 4 is 11.6 Å². The van der Waals surface area contributed by atoms with E-state index in [1.165, 1.54) is 0 Å². The predicted octanol–water partition coefficient (Wildman–Crippen LogP) is 2.21. The number of imidazole rings is 1. The van der Waals surface area contributed by atoms with Crippen molar-refractivity contribution in [3.8, 4) is 0 Å². The van der Waals surface area contributed by atoms with Crippen molar-refractivity contribution in [2.24, 2.45) is 5.92 Å². The van der Waals surface area contributed by atoms with E-state index in [9.17, 15) is 9.90 Å². The highest BCUT2D eigenvalue weighted by molar-refractivity contribution is 5.79. The van der Waals surface area contributed by atoms with Gasteiger partial charge in [-0.25, -0.2) is 4.98 Å². The molecular formula is C20H22N4O2. The third-order valence-electron chi connectivity index (χ3n) is 5.09. The first-order valence-corrected chi connectivity index (χ1v) is 8.91. The van der Waals surface area contributed by atoms with Gasteiger partial charge in [-0.1, -0.05) is 12.1 Å². The molecule has 3 heterocycles. The number of rotatable bonds is 5. The Balaban J connectivity index is 1.52. The molecule has 6 nitrogen and oxygen atoms in total. The van der Waals surface area contributed by atoms with Crippen LogP contribution in [-0.2, 0) is 11.2 Å². The fraction of sp³-hybridized carbons (Fsp3) is 0.350. The van der Waals surface area contributed by atoms with Gasteiger partial charge in [0.1, 0.15) is 5.65 Å². The SMILES string of the molecule is Cc1cccn2c(CC(=O)N[C@@H](c3ccccn3)C3CC(O)C3)cnc12. The highest BCUT2D eigenvalue weighted by Gasteiger charge is 2.36. The Kier molecular flexibility index (Phi) is 4.42. The zero-order valence-corrected chi connectivity index (χ0v) is 14.7. The molecule has 6 heteroatoms. The minimum atomic E-state index is -0.273. The lowest BCUT2D eigenvalue weighted by Gasteiger charge is -2.37. The van der Waals surface area contributed by atoms with Crippen molar-refractivity contribution in [1.82, 2.24) is 19.7 Å².